The molecule has 0 amide bonds. The van der Waals surface area contributed by atoms with Crippen LogP contribution in [-0.4, -0.2) is 38.1 Å². The zero-order chi connectivity index (χ0) is 18.7. The second-order valence-corrected chi connectivity index (χ2v) is 7.25. The Morgan fingerprint density at radius 3 is 2.74 bits per heavy atom. The number of alkyl halides is 2. The summed E-state index contributed by atoms with van der Waals surface area (Å²) in [6.45, 7) is -1.75. The lowest BCUT2D eigenvalue weighted by atomic mass is 10.0. The van der Waals surface area contributed by atoms with Gasteiger partial charge in [0.1, 0.15) is 42.6 Å². The predicted molar refractivity (Wildman–Crippen MR) is 93.7 cm³/mol. The van der Waals surface area contributed by atoms with Crippen LogP contribution in [-0.2, 0) is 6.42 Å². The molecule has 3 aromatic heterocycles. The molecule has 1 saturated carbocycles. The maximum atomic E-state index is 13.6. The Kier molecular flexibility index (Phi) is 3.68. The van der Waals surface area contributed by atoms with E-state index in [1.54, 1.807) is 4.57 Å². The molecule has 1 atom stereocenters. The van der Waals surface area contributed by atoms with Gasteiger partial charge in [-0.2, -0.15) is 0 Å². The SMILES string of the molecule is Nc1ncnc2c1c1c(n2C(CF)CF)CC[C@@H](O)c2c-1noc2C1CC1. The third kappa shape index (κ3) is 2.30. The van der Waals surface area contributed by atoms with Crippen LogP contribution in [0.1, 0.15) is 54.3 Å². The number of aliphatic hydroxyl groups is 1. The molecule has 27 heavy (non-hydrogen) atoms. The lowest BCUT2D eigenvalue weighted by Crippen LogP contribution is -2.17. The Bertz CT molecular complexity index is 1020. The first-order valence-electron chi connectivity index (χ1n) is 9.08. The van der Waals surface area contributed by atoms with Crippen LogP contribution >= 0.6 is 0 Å². The van der Waals surface area contributed by atoms with Crippen molar-refractivity contribution in [2.24, 2.45) is 0 Å². The number of fused-ring (bicyclic) bond motifs is 5. The largest absolute Gasteiger partial charge is 0.388 e. The Hall–Kier alpha value is -2.55. The monoisotopic (exact) mass is 375 g/mol. The molecule has 2 aliphatic carbocycles. The number of aromatic nitrogens is 4. The molecule has 0 radical (unpaired) electrons. The van der Waals surface area contributed by atoms with E-state index >= 15 is 0 Å². The molecule has 0 bridgehead atoms. The van der Waals surface area contributed by atoms with Crippen molar-refractivity contribution in [3.05, 3.63) is 23.3 Å². The van der Waals surface area contributed by atoms with Gasteiger partial charge in [-0.05, 0) is 25.7 Å². The van der Waals surface area contributed by atoms with Crippen LogP contribution in [0.4, 0.5) is 14.6 Å². The number of hydrogen-bond donors (Lipinski definition) is 2. The molecule has 5 rings (SSSR count). The smallest absolute Gasteiger partial charge is 0.146 e. The number of nitrogens with zero attached hydrogens (tertiary/aromatic N) is 4. The molecule has 0 saturated heterocycles. The first-order valence-corrected chi connectivity index (χ1v) is 9.08. The molecule has 0 aliphatic heterocycles. The summed E-state index contributed by atoms with van der Waals surface area (Å²) in [7, 11) is 0. The van der Waals surface area contributed by atoms with Crippen molar-refractivity contribution in [3.8, 4) is 11.3 Å². The highest BCUT2D eigenvalue weighted by Gasteiger charge is 2.39. The molecule has 3 heterocycles. The molecule has 0 unspecified atom stereocenters. The fourth-order valence-electron chi connectivity index (χ4n) is 4.15. The van der Waals surface area contributed by atoms with Crippen molar-refractivity contribution < 1.29 is 18.4 Å². The highest BCUT2D eigenvalue weighted by atomic mass is 19.1. The van der Waals surface area contributed by atoms with Crippen molar-refractivity contribution in [1.82, 2.24) is 19.7 Å². The Balaban J connectivity index is 1.87. The van der Waals surface area contributed by atoms with Crippen molar-refractivity contribution in [2.75, 3.05) is 19.1 Å². The quantitative estimate of drug-likeness (QED) is 0.727. The zero-order valence-electron chi connectivity index (χ0n) is 14.5. The Morgan fingerprint density at radius 1 is 1.26 bits per heavy atom. The van der Waals surface area contributed by atoms with Gasteiger partial charge in [-0.1, -0.05) is 5.16 Å². The summed E-state index contributed by atoms with van der Waals surface area (Å²) in [6, 6.07) is -1.01. The van der Waals surface area contributed by atoms with Gasteiger partial charge in [0.05, 0.1) is 23.1 Å². The predicted octanol–water partition coefficient (Wildman–Crippen LogP) is 3.01. The molecule has 0 aromatic carbocycles. The van der Waals surface area contributed by atoms with E-state index in [1.807, 2.05) is 0 Å². The maximum Gasteiger partial charge on any atom is 0.146 e. The van der Waals surface area contributed by atoms with Crippen LogP contribution in [0.2, 0.25) is 0 Å². The van der Waals surface area contributed by atoms with Gasteiger partial charge in [-0.15, -0.1) is 0 Å². The molecule has 3 aromatic rings. The minimum atomic E-state index is -1.01. The third-order valence-electron chi connectivity index (χ3n) is 5.56. The minimum Gasteiger partial charge on any atom is -0.388 e. The fraction of sp³-hybridized carbons (Fsp3) is 0.500. The zero-order valence-corrected chi connectivity index (χ0v) is 14.5. The van der Waals surface area contributed by atoms with E-state index in [0.29, 0.717) is 52.2 Å². The molecule has 7 nitrogen and oxygen atoms in total. The Labute approximate surface area is 153 Å². The van der Waals surface area contributed by atoms with E-state index in [-0.39, 0.29) is 11.7 Å². The second-order valence-electron chi connectivity index (χ2n) is 7.25. The van der Waals surface area contributed by atoms with Crippen molar-refractivity contribution in [2.45, 2.75) is 43.7 Å². The van der Waals surface area contributed by atoms with Gasteiger partial charge >= 0.3 is 0 Å². The average molecular weight is 375 g/mol. The number of aliphatic hydroxyl groups excluding tert-OH is 1. The van der Waals surface area contributed by atoms with Crippen LogP contribution in [0, 0.1) is 0 Å². The summed E-state index contributed by atoms with van der Waals surface area (Å²) in [5.74, 6) is 1.18. The molecule has 1 fully saturated rings. The number of hydrogen-bond acceptors (Lipinski definition) is 6. The number of anilines is 1. The lowest BCUT2D eigenvalue weighted by Gasteiger charge is -2.17. The number of nitrogens with two attached hydrogens (primary N) is 1. The van der Waals surface area contributed by atoms with Gasteiger partial charge < -0.3 is 19.9 Å². The van der Waals surface area contributed by atoms with E-state index in [4.69, 9.17) is 10.3 Å². The molecule has 0 spiro atoms. The minimum absolute atomic E-state index is 0.213. The summed E-state index contributed by atoms with van der Waals surface area (Å²) >= 11 is 0. The fourth-order valence-corrected chi connectivity index (χ4v) is 4.15. The highest BCUT2D eigenvalue weighted by Crippen LogP contribution is 2.50. The summed E-state index contributed by atoms with van der Waals surface area (Å²) in [6.07, 6.45) is 3.35. The van der Waals surface area contributed by atoms with E-state index in [0.717, 1.165) is 12.8 Å². The van der Waals surface area contributed by atoms with E-state index in [2.05, 4.69) is 15.1 Å². The van der Waals surface area contributed by atoms with Crippen molar-refractivity contribution in [3.63, 3.8) is 0 Å². The molecule has 142 valence electrons. The Morgan fingerprint density at radius 2 is 2.04 bits per heavy atom. The highest BCUT2D eigenvalue weighted by molar-refractivity contribution is 6.02. The summed E-state index contributed by atoms with van der Waals surface area (Å²) in [5, 5.41) is 15.5. The standard InChI is InChI=1S/C18H19F2N5O2/c19-5-9(6-20)25-10-3-4-11(26)13-15(24-27-16(13)8-1-2-8)12(10)14-17(21)22-7-23-18(14)25/h7-9,11,26H,1-6H2,(H2,21,22,23)/t11-/m1/s1. The van der Waals surface area contributed by atoms with E-state index in [9.17, 15) is 13.9 Å². The number of nitrogen functional groups attached to an aromatic ring is 1. The normalized spacial score (nSPS) is 19.3. The second kappa shape index (κ2) is 5.98. The lowest BCUT2D eigenvalue weighted by molar-refractivity contribution is 0.165. The molecule has 9 heteroatoms. The molecular formula is C18H19F2N5O2. The summed E-state index contributed by atoms with van der Waals surface area (Å²) in [4.78, 5) is 8.32. The summed E-state index contributed by atoms with van der Waals surface area (Å²) in [5.41, 5.74) is 8.93. The first-order chi connectivity index (χ1) is 13.2. The molecule has 2 aliphatic rings. The number of halogens is 2. The van der Waals surface area contributed by atoms with Gasteiger partial charge in [0, 0.05) is 17.2 Å². The first kappa shape index (κ1) is 16.6. The van der Waals surface area contributed by atoms with E-state index < -0.39 is 25.5 Å². The van der Waals surface area contributed by atoms with Crippen LogP contribution in [0.15, 0.2) is 10.9 Å². The van der Waals surface area contributed by atoms with Crippen molar-refractivity contribution >= 4 is 16.9 Å². The molecule has 3 N–H and O–H groups in total. The maximum absolute atomic E-state index is 13.6. The topological polar surface area (TPSA) is 103 Å². The van der Waals surface area contributed by atoms with Crippen LogP contribution < -0.4 is 5.73 Å². The van der Waals surface area contributed by atoms with Crippen molar-refractivity contribution in [1.29, 1.82) is 0 Å². The third-order valence-corrected chi connectivity index (χ3v) is 5.56. The molecular weight excluding hydrogens is 356 g/mol. The van der Waals surface area contributed by atoms with Crippen LogP contribution in [0.3, 0.4) is 0 Å². The van der Waals surface area contributed by atoms with Gasteiger partial charge in [-0.25, -0.2) is 18.7 Å². The number of rotatable bonds is 4. The van der Waals surface area contributed by atoms with Gasteiger partial charge in [0.25, 0.3) is 0 Å². The van der Waals surface area contributed by atoms with Gasteiger partial charge in [0.15, 0.2) is 0 Å². The van der Waals surface area contributed by atoms with E-state index in [1.165, 1.54) is 6.33 Å². The van der Waals surface area contributed by atoms with Gasteiger partial charge in [-0.3, -0.25) is 0 Å². The average Bonchev–Trinajstić information content (AvgIpc) is 3.36. The van der Waals surface area contributed by atoms with Crippen LogP contribution in [0.5, 0.6) is 0 Å². The summed E-state index contributed by atoms with van der Waals surface area (Å²) < 4.78 is 34.3. The van der Waals surface area contributed by atoms with Crippen LogP contribution in [0.25, 0.3) is 22.3 Å². The van der Waals surface area contributed by atoms with Gasteiger partial charge in [0.2, 0.25) is 0 Å².